The van der Waals surface area contributed by atoms with E-state index in [2.05, 4.69) is 19.8 Å². The van der Waals surface area contributed by atoms with Crippen LogP contribution in [0.15, 0.2) is 46.5 Å². The minimum absolute atomic E-state index is 0.0388. The van der Waals surface area contributed by atoms with E-state index in [0.29, 0.717) is 10.9 Å². The summed E-state index contributed by atoms with van der Waals surface area (Å²) in [6.07, 6.45) is 3.10. The molecule has 1 fully saturated rings. The van der Waals surface area contributed by atoms with Gasteiger partial charge in [0.2, 0.25) is 0 Å². The average Bonchev–Trinajstić information content (AvgIpc) is 2.67. The number of fused-ring (bicyclic) bond motifs is 1. The Bertz CT molecular complexity index is 1080. The third-order valence-corrected chi connectivity index (χ3v) is 4.83. The van der Waals surface area contributed by atoms with Crippen molar-refractivity contribution in [2.45, 2.75) is 0 Å². The molecule has 3 heterocycles. The highest BCUT2D eigenvalue weighted by atomic mass is 16.1. The van der Waals surface area contributed by atoms with E-state index < -0.39 is 0 Å². The van der Waals surface area contributed by atoms with Crippen LogP contribution in [0, 0.1) is 0 Å². The van der Waals surface area contributed by atoms with Crippen LogP contribution in [0.3, 0.4) is 0 Å². The molecule has 0 N–H and O–H groups in total. The Morgan fingerprint density at radius 3 is 2.27 bits per heavy atom. The molecule has 0 amide bonds. The number of hydrogen-bond donors (Lipinski definition) is 0. The summed E-state index contributed by atoms with van der Waals surface area (Å²) in [7, 11) is 3.39. The Balaban J connectivity index is 1.53. The second kappa shape index (κ2) is 6.29. The van der Waals surface area contributed by atoms with E-state index in [4.69, 9.17) is 0 Å². The highest BCUT2D eigenvalue weighted by Crippen LogP contribution is 2.21. The normalized spacial score (nSPS) is 14.8. The number of piperazine rings is 1. The number of aromatic nitrogens is 4. The van der Waals surface area contributed by atoms with Crippen LogP contribution in [0.2, 0.25) is 0 Å². The fourth-order valence-corrected chi connectivity index (χ4v) is 3.21. The molecule has 0 unspecified atom stereocenters. The molecule has 1 aliphatic rings. The maximum atomic E-state index is 12.1. The molecule has 2 aromatic heterocycles. The highest BCUT2D eigenvalue weighted by molar-refractivity contribution is 5.81. The van der Waals surface area contributed by atoms with Crippen molar-refractivity contribution in [3.8, 4) is 0 Å². The molecule has 8 nitrogen and oxygen atoms in total. The first-order chi connectivity index (χ1) is 12.5. The first kappa shape index (κ1) is 16.3. The van der Waals surface area contributed by atoms with Crippen LogP contribution in [0.4, 0.5) is 11.5 Å². The largest absolute Gasteiger partial charge is 0.368 e. The molecular weight excluding hydrogens is 332 g/mol. The summed E-state index contributed by atoms with van der Waals surface area (Å²) in [5, 5.41) is 0.627. The maximum Gasteiger partial charge on any atom is 0.260 e. The van der Waals surface area contributed by atoms with Gasteiger partial charge in [-0.1, -0.05) is 0 Å². The lowest BCUT2D eigenvalue weighted by Crippen LogP contribution is -2.47. The minimum Gasteiger partial charge on any atom is -0.368 e. The molecule has 0 saturated carbocycles. The van der Waals surface area contributed by atoms with Crippen molar-refractivity contribution in [2.24, 2.45) is 14.1 Å². The van der Waals surface area contributed by atoms with Gasteiger partial charge in [-0.15, -0.1) is 0 Å². The Morgan fingerprint density at radius 1 is 0.846 bits per heavy atom. The van der Waals surface area contributed by atoms with E-state index in [-0.39, 0.29) is 11.1 Å². The third-order valence-electron chi connectivity index (χ3n) is 4.83. The van der Waals surface area contributed by atoms with Crippen molar-refractivity contribution < 1.29 is 0 Å². The van der Waals surface area contributed by atoms with E-state index in [1.54, 1.807) is 32.8 Å². The first-order valence-electron chi connectivity index (χ1n) is 8.51. The number of hydrogen-bond acceptors (Lipinski definition) is 6. The standard InChI is InChI=1S/C18H20N6O2/c1-21-12-20-16(10-17(21)25)24-7-5-23(6-8-24)13-3-4-14-15(9-13)19-11-22(2)18(14)26/h3-4,9-12H,5-8H2,1-2H3. The Labute approximate surface area is 149 Å². The van der Waals surface area contributed by atoms with Crippen LogP contribution in [0.25, 0.3) is 10.9 Å². The fraction of sp³-hybridized carbons (Fsp3) is 0.333. The summed E-state index contributed by atoms with van der Waals surface area (Å²) >= 11 is 0. The summed E-state index contributed by atoms with van der Waals surface area (Å²) in [6, 6.07) is 7.35. The van der Waals surface area contributed by atoms with Crippen molar-refractivity contribution in [1.29, 1.82) is 0 Å². The predicted molar refractivity (Wildman–Crippen MR) is 101 cm³/mol. The van der Waals surface area contributed by atoms with Crippen LogP contribution in [0.1, 0.15) is 0 Å². The summed E-state index contributed by atoms with van der Waals surface area (Å²) < 4.78 is 2.95. The zero-order valence-corrected chi connectivity index (χ0v) is 14.8. The van der Waals surface area contributed by atoms with Crippen LogP contribution in [-0.2, 0) is 14.1 Å². The van der Waals surface area contributed by atoms with E-state index in [9.17, 15) is 9.59 Å². The highest BCUT2D eigenvalue weighted by Gasteiger charge is 2.19. The minimum atomic E-state index is -0.0559. The van der Waals surface area contributed by atoms with Gasteiger partial charge in [-0.2, -0.15) is 0 Å². The molecule has 0 atom stereocenters. The predicted octanol–water partition coefficient (Wildman–Crippen LogP) is 0.354. The molecule has 0 aliphatic carbocycles. The third kappa shape index (κ3) is 2.83. The van der Waals surface area contributed by atoms with Gasteiger partial charge in [-0.25, -0.2) is 9.97 Å². The van der Waals surface area contributed by atoms with Gasteiger partial charge in [0.25, 0.3) is 11.1 Å². The number of benzene rings is 1. The number of rotatable bonds is 2. The maximum absolute atomic E-state index is 12.1. The number of anilines is 2. The van der Waals surface area contributed by atoms with Gasteiger partial charge in [0.05, 0.1) is 23.6 Å². The molecule has 1 saturated heterocycles. The first-order valence-corrected chi connectivity index (χ1v) is 8.51. The molecule has 134 valence electrons. The molecule has 0 spiro atoms. The van der Waals surface area contributed by atoms with Gasteiger partial charge >= 0.3 is 0 Å². The number of aryl methyl sites for hydroxylation is 2. The van der Waals surface area contributed by atoms with E-state index in [0.717, 1.165) is 37.7 Å². The van der Waals surface area contributed by atoms with Crippen LogP contribution < -0.4 is 20.9 Å². The van der Waals surface area contributed by atoms with Crippen LogP contribution in [-0.4, -0.2) is 45.3 Å². The summed E-state index contributed by atoms with van der Waals surface area (Å²) in [5.41, 5.74) is 1.67. The monoisotopic (exact) mass is 352 g/mol. The molecule has 1 aliphatic heterocycles. The Hall–Kier alpha value is -3.16. The lowest BCUT2D eigenvalue weighted by molar-refractivity contribution is 0.643. The lowest BCUT2D eigenvalue weighted by Gasteiger charge is -2.36. The fourth-order valence-electron chi connectivity index (χ4n) is 3.21. The molecular formula is C18H20N6O2. The second-order valence-electron chi connectivity index (χ2n) is 6.53. The van der Waals surface area contributed by atoms with Crippen molar-refractivity contribution in [2.75, 3.05) is 36.0 Å². The van der Waals surface area contributed by atoms with Crippen LogP contribution in [0.5, 0.6) is 0 Å². The summed E-state index contributed by atoms with van der Waals surface area (Å²) in [5.74, 6) is 0.719. The molecule has 0 radical (unpaired) electrons. The molecule has 26 heavy (non-hydrogen) atoms. The Morgan fingerprint density at radius 2 is 1.54 bits per heavy atom. The van der Waals surface area contributed by atoms with E-state index in [1.807, 2.05) is 18.2 Å². The van der Waals surface area contributed by atoms with Crippen molar-refractivity contribution in [3.63, 3.8) is 0 Å². The van der Waals surface area contributed by atoms with Gasteiger partial charge in [-0.3, -0.25) is 9.59 Å². The molecule has 0 bridgehead atoms. The number of nitrogens with zero attached hydrogens (tertiary/aromatic N) is 6. The summed E-state index contributed by atoms with van der Waals surface area (Å²) in [6.45, 7) is 3.19. The topological polar surface area (TPSA) is 76.3 Å². The van der Waals surface area contributed by atoms with Crippen molar-refractivity contribution in [1.82, 2.24) is 19.1 Å². The molecule has 1 aromatic carbocycles. The SMILES string of the molecule is Cn1cnc(N2CCN(c3ccc4c(=O)n(C)cnc4c3)CC2)cc1=O. The molecule has 3 aromatic rings. The van der Waals surface area contributed by atoms with Crippen LogP contribution >= 0.6 is 0 Å². The Kier molecular flexibility index (Phi) is 3.95. The lowest BCUT2D eigenvalue weighted by atomic mass is 10.2. The molecule has 8 heteroatoms. The van der Waals surface area contributed by atoms with Gasteiger partial charge in [0.1, 0.15) is 5.82 Å². The quantitative estimate of drug-likeness (QED) is 0.663. The van der Waals surface area contributed by atoms with Crippen molar-refractivity contribution in [3.05, 3.63) is 57.6 Å². The van der Waals surface area contributed by atoms with Gasteiger partial charge in [0, 0.05) is 52.0 Å². The van der Waals surface area contributed by atoms with Gasteiger partial charge < -0.3 is 18.9 Å². The second-order valence-corrected chi connectivity index (χ2v) is 6.53. The zero-order valence-electron chi connectivity index (χ0n) is 14.8. The van der Waals surface area contributed by atoms with Crippen molar-refractivity contribution >= 4 is 22.4 Å². The molecule has 4 rings (SSSR count). The zero-order chi connectivity index (χ0) is 18.3. The van der Waals surface area contributed by atoms with E-state index >= 15 is 0 Å². The van der Waals surface area contributed by atoms with Gasteiger partial charge in [-0.05, 0) is 18.2 Å². The smallest absolute Gasteiger partial charge is 0.260 e. The average molecular weight is 352 g/mol. The summed E-state index contributed by atoms with van der Waals surface area (Å²) in [4.78, 5) is 37.0. The van der Waals surface area contributed by atoms with E-state index in [1.165, 1.54) is 9.13 Å². The van der Waals surface area contributed by atoms with Gasteiger partial charge in [0.15, 0.2) is 0 Å².